The van der Waals surface area contributed by atoms with Gasteiger partial charge in [0.15, 0.2) is 11.6 Å². The molecule has 1 rings (SSSR count). The van der Waals surface area contributed by atoms with Crippen LogP contribution in [0.25, 0.3) is 0 Å². The van der Waals surface area contributed by atoms with Gasteiger partial charge in [0, 0.05) is 11.1 Å². The molecule has 0 atom stereocenters. The van der Waals surface area contributed by atoms with Crippen molar-refractivity contribution in [2.75, 3.05) is 11.9 Å². The Hall–Kier alpha value is -1.76. The van der Waals surface area contributed by atoms with E-state index in [0.29, 0.717) is 0 Å². The Kier molecular flexibility index (Phi) is 4.99. The third-order valence-corrected chi connectivity index (χ3v) is 2.52. The highest BCUT2D eigenvalue weighted by Crippen LogP contribution is 2.20. The van der Waals surface area contributed by atoms with Crippen LogP contribution >= 0.6 is 12.2 Å². The lowest BCUT2D eigenvalue weighted by atomic mass is 10.1. The van der Waals surface area contributed by atoms with Crippen LogP contribution in [0.4, 0.5) is 14.5 Å². The number of hydrogen-bond donors (Lipinski definition) is 3. The summed E-state index contributed by atoms with van der Waals surface area (Å²) in [6.07, 6.45) is 0. The molecule has 0 spiro atoms. The van der Waals surface area contributed by atoms with Crippen molar-refractivity contribution in [1.29, 1.82) is 0 Å². The van der Waals surface area contributed by atoms with Crippen LogP contribution in [0.5, 0.6) is 0 Å². The van der Waals surface area contributed by atoms with Gasteiger partial charge in [-0.15, -0.1) is 0 Å². The van der Waals surface area contributed by atoms with E-state index in [9.17, 15) is 13.6 Å². The third-order valence-electron chi connectivity index (χ3n) is 2.30. The summed E-state index contributed by atoms with van der Waals surface area (Å²) in [7, 11) is 0. The quantitative estimate of drug-likeness (QED) is 0.743. The monoisotopic (exact) mass is 301 g/mol. The lowest BCUT2D eigenvalue weighted by Gasteiger charge is -2.20. The molecule has 4 nitrogen and oxygen atoms in total. The van der Waals surface area contributed by atoms with Gasteiger partial charge < -0.3 is 16.4 Å². The first-order chi connectivity index (χ1) is 9.11. The van der Waals surface area contributed by atoms with Crippen molar-refractivity contribution >= 4 is 28.8 Å². The zero-order chi connectivity index (χ0) is 15.5. The van der Waals surface area contributed by atoms with Crippen LogP contribution in [0.1, 0.15) is 26.3 Å². The van der Waals surface area contributed by atoms with Crippen molar-refractivity contribution in [3.05, 3.63) is 29.3 Å². The number of benzene rings is 1. The van der Waals surface area contributed by atoms with Crippen LogP contribution in [0, 0.1) is 11.6 Å². The lowest BCUT2D eigenvalue weighted by molar-refractivity contribution is -0.120. The summed E-state index contributed by atoms with van der Waals surface area (Å²) in [5, 5.41) is 5.23. The van der Waals surface area contributed by atoms with Gasteiger partial charge in [0.05, 0.1) is 12.2 Å². The Labute approximate surface area is 121 Å². The number of thiocarbonyl (C=S) groups is 1. The predicted octanol–water partition coefficient (Wildman–Crippen LogP) is 1.93. The molecule has 0 aromatic heterocycles. The molecule has 0 saturated heterocycles. The van der Waals surface area contributed by atoms with Gasteiger partial charge in [0.2, 0.25) is 5.91 Å². The van der Waals surface area contributed by atoms with Gasteiger partial charge in [-0.3, -0.25) is 4.79 Å². The molecule has 1 aromatic carbocycles. The molecule has 1 aromatic rings. The van der Waals surface area contributed by atoms with Gasteiger partial charge in [-0.25, -0.2) is 8.78 Å². The number of nitrogens with two attached hydrogens (primary N) is 1. The van der Waals surface area contributed by atoms with Gasteiger partial charge in [0.25, 0.3) is 0 Å². The van der Waals surface area contributed by atoms with Crippen molar-refractivity contribution in [2.24, 2.45) is 5.73 Å². The van der Waals surface area contributed by atoms with Gasteiger partial charge >= 0.3 is 0 Å². The van der Waals surface area contributed by atoms with E-state index < -0.39 is 17.2 Å². The highest BCUT2D eigenvalue weighted by atomic mass is 32.1. The number of anilines is 1. The van der Waals surface area contributed by atoms with E-state index in [0.717, 1.165) is 0 Å². The van der Waals surface area contributed by atoms with E-state index in [1.807, 2.05) is 20.8 Å². The minimum atomic E-state index is -1.13. The molecule has 0 aliphatic heterocycles. The molecule has 0 heterocycles. The maximum atomic E-state index is 13.7. The summed E-state index contributed by atoms with van der Waals surface area (Å²) >= 11 is 4.60. The number of rotatable bonds is 4. The average Bonchev–Trinajstić information content (AvgIpc) is 2.28. The van der Waals surface area contributed by atoms with Crippen LogP contribution in [-0.2, 0) is 4.79 Å². The first-order valence-corrected chi connectivity index (χ1v) is 6.35. The number of hydrogen-bond acceptors (Lipinski definition) is 3. The highest BCUT2D eigenvalue weighted by molar-refractivity contribution is 7.80. The van der Waals surface area contributed by atoms with Crippen LogP contribution < -0.4 is 16.4 Å². The fourth-order valence-corrected chi connectivity index (χ4v) is 1.67. The molecule has 0 radical (unpaired) electrons. The van der Waals surface area contributed by atoms with Crippen molar-refractivity contribution in [1.82, 2.24) is 5.32 Å². The molecule has 20 heavy (non-hydrogen) atoms. The van der Waals surface area contributed by atoms with E-state index in [1.165, 1.54) is 12.1 Å². The first-order valence-electron chi connectivity index (χ1n) is 5.94. The van der Waals surface area contributed by atoms with E-state index in [1.54, 1.807) is 0 Å². The Morgan fingerprint density at radius 3 is 2.40 bits per heavy atom. The normalized spacial score (nSPS) is 11.1. The van der Waals surface area contributed by atoms with Crippen molar-refractivity contribution in [2.45, 2.75) is 26.3 Å². The predicted molar refractivity (Wildman–Crippen MR) is 78.6 cm³/mol. The first kappa shape index (κ1) is 16.3. The molecule has 4 N–H and O–H groups in total. The average molecular weight is 301 g/mol. The maximum absolute atomic E-state index is 13.7. The number of nitrogens with one attached hydrogen (secondary N) is 2. The minimum absolute atomic E-state index is 0.119. The fraction of sp³-hybridized carbons (Fsp3) is 0.385. The number of carbonyl (C=O) groups is 1. The summed E-state index contributed by atoms with van der Waals surface area (Å²) < 4.78 is 27.4. The SMILES string of the molecule is CC(C)(C)NC(=O)CNc1ccc(C(N)=S)c(F)c1F. The number of carbonyl (C=O) groups excluding carboxylic acids is 1. The van der Waals surface area contributed by atoms with E-state index in [-0.39, 0.29) is 28.7 Å². The fourth-order valence-electron chi connectivity index (χ4n) is 1.51. The number of halogens is 2. The lowest BCUT2D eigenvalue weighted by Crippen LogP contribution is -2.43. The van der Waals surface area contributed by atoms with Gasteiger partial charge in [-0.1, -0.05) is 12.2 Å². The van der Waals surface area contributed by atoms with Gasteiger partial charge in [-0.05, 0) is 32.9 Å². The highest BCUT2D eigenvalue weighted by Gasteiger charge is 2.17. The topological polar surface area (TPSA) is 67.2 Å². The zero-order valence-corrected chi connectivity index (χ0v) is 12.3. The summed E-state index contributed by atoms with van der Waals surface area (Å²) in [5.41, 5.74) is 4.59. The van der Waals surface area contributed by atoms with E-state index >= 15 is 0 Å². The molecule has 1 amide bonds. The maximum Gasteiger partial charge on any atom is 0.239 e. The number of amides is 1. The largest absolute Gasteiger partial charge is 0.389 e. The van der Waals surface area contributed by atoms with Crippen LogP contribution in [-0.4, -0.2) is 23.0 Å². The zero-order valence-electron chi connectivity index (χ0n) is 11.5. The molecular formula is C13H17F2N3OS. The summed E-state index contributed by atoms with van der Waals surface area (Å²) in [4.78, 5) is 11.3. The minimum Gasteiger partial charge on any atom is -0.389 e. The molecule has 0 aliphatic carbocycles. The molecule has 0 fully saturated rings. The second-order valence-electron chi connectivity index (χ2n) is 5.30. The Morgan fingerprint density at radius 2 is 1.90 bits per heavy atom. The molecule has 0 saturated carbocycles. The van der Waals surface area contributed by atoms with Crippen LogP contribution in [0.3, 0.4) is 0 Å². The van der Waals surface area contributed by atoms with E-state index in [4.69, 9.17) is 5.73 Å². The third kappa shape index (κ3) is 4.41. The Morgan fingerprint density at radius 1 is 1.30 bits per heavy atom. The Balaban J connectivity index is 2.78. The second kappa shape index (κ2) is 6.13. The Bertz CT molecular complexity index is 541. The van der Waals surface area contributed by atoms with Gasteiger partial charge in [-0.2, -0.15) is 0 Å². The molecule has 0 aliphatic rings. The molecule has 7 heteroatoms. The van der Waals surface area contributed by atoms with Crippen molar-refractivity contribution in [3.63, 3.8) is 0 Å². The van der Waals surface area contributed by atoms with Crippen LogP contribution in [0.2, 0.25) is 0 Å². The van der Waals surface area contributed by atoms with Gasteiger partial charge in [0.1, 0.15) is 4.99 Å². The standard InChI is InChI=1S/C13H17F2N3OS/c1-13(2,3)18-9(19)6-17-8-5-4-7(12(16)20)10(14)11(8)15/h4-5,17H,6H2,1-3H3,(H2,16,20)(H,18,19). The van der Waals surface area contributed by atoms with Crippen LogP contribution in [0.15, 0.2) is 12.1 Å². The second-order valence-corrected chi connectivity index (χ2v) is 5.74. The molecule has 110 valence electrons. The smallest absolute Gasteiger partial charge is 0.239 e. The molecule has 0 unspecified atom stereocenters. The summed E-state index contributed by atoms with van der Waals surface area (Å²) in [6.45, 7) is 5.30. The summed E-state index contributed by atoms with van der Waals surface area (Å²) in [5.74, 6) is -2.56. The molecule has 0 bridgehead atoms. The molecular weight excluding hydrogens is 284 g/mol. The van der Waals surface area contributed by atoms with Crippen molar-refractivity contribution < 1.29 is 13.6 Å². The van der Waals surface area contributed by atoms with E-state index in [2.05, 4.69) is 22.9 Å². The summed E-state index contributed by atoms with van der Waals surface area (Å²) in [6, 6.07) is 2.56. The van der Waals surface area contributed by atoms with Crippen molar-refractivity contribution in [3.8, 4) is 0 Å².